The van der Waals surface area contributed by atoms with Gasteiger partial charge in [0.2, 0.25) is 0 Å². The minimum Gasteiger partial charge on any atom is -0.409 e. The largest absolute Gasteiger partial charge is 0.409 e. The predicted molar refractivity (Wildman–Crippen MR) is 65.5 cm³/mol. The number of hydrogen-bond acceptors (Lipinski definition) is 3. The highest BCUT2D eigenvalue weighted by Crippen LogP contribution is 2.06. The Morgan fingerprint density at radius 1 is 1.50 bits per heavy atom. The molecule has 0 saturated carbocycles. The zero-order valence-corrected chi connectivity index (χ0v) is 9.85. The summed E-state index contributed by atoms with van der Waals surface area (Å²) in [7, 11) is 2.02. The first-order valence-electron chi connectivity index (χ1n) is 5.32. The fourth-order valence-electron chi connectivity index (χ4n) is 1.56. The van der Waals surface area contributed by atoms with E-state index in [1.807, 2.05) is 7.05 Å². The Labute approximate surface area is 96.4 Å². The van der Waals surface area contributed by atoms with Crippen LogP contribution in [-0.2, 0) is 6.54 Å². The molecule has 0 aliphatic carbocycles. The zero-order chi connectivity index (χ0) is 12.0. The summed E-state index contributed by atoms with van der Waals surface area (Å²) in [4.78, 5) is 2.15. The van der Waals surface area contributed by atoms with E-state index < -0.39 is 0 Å². The van der Waals surface area contributed by atoms with Gasteiger partial charge in [-0.1, -0.05) is 35.0 Å². The van der Waals surface area contributed by atoms with E-state index in [0.29, 0.717) is 6.42 Å². The molecule has 0 amide bonds. The summed E-state index contributed by atoms with van der Waals surface area (Å²) in [5.41, 5.74) is 7.96. The summed E-state index contributed by atoms with van der Waals surface area (Å²) in [5, 5.41) is 11.4. The molecular formula is C12H19N3O. The van der Waals surface area contributed by atoms with E-state index in [9.17, 15) is 0 Å². The van der Waals surface area contributed by atoms with Crippen molar-refractivity contribution in [3.05, 3.63) is 35.4 Å². The van der Waals surface area contributed by atoms with Crippen LogP contribution in [0.2, 0.25) is 0 Å². The number of nitrogens with zero attached hydrogens (tertiary/aromatic N) is 2. The average Bonchev–Trinajstić information content (AvgIpc) is 2.26. The fraction of sp³-hybridized carbons (Fsp3) is 0.417. The normalized spacial score (nSPS) is 12.1. The molecule has 88 valence electrons. The first kappa shape index (κ1) is 12.5. The van der Waals surface area contributed by atoms with E-state index in [0.717, 1.165) is 13.1 Å². The third-order valence-corrected chi connectivity index (χ3v) is 2.41. The molecule has 0 unspecified atom stereocenters. The summed E-state index contributed by atoms with van der Waals surface area (Å²) in [6, 6.07) is 8.41. The second-order valence-electron chi connectivity index (χ2n) is 4.07. The Kier molecular flexibility index (Phi) is 4.79. The maximum atomic E-state index is 8.42. The molecule has 0 aliphatic rings. The molecular weight excluding hydrogens is 202 g/mol. The van der Waals surface area contributed by atoms with E-state index in [1.165, 1.54) is 11.1 Å². The van der Waals surface area contributed by atoms with Crippen molar-refractivity contribution in [3.63, 3.8) is 0 Å². The maximum absolute atomic E-state index is 8.42. The smallest absolute Gasteiger partial charge is 0.140 e. The van der Waals surface area contributed by atoms with Gasteiger partial charge in [-0.25, -0.2) is 0 Å². The Morgan fingerprint density at radius 3 is 2.88 bits per heavy atom. The molecule has 16 heavy (non-hydrogen) atoms. The van der Waals surface area contributed by atoms with Crippen LogP contribution in [0.25, 0.3) is 0 Å². The number of aryl methyl sites for hydroxylation is 1. The number of oxime groups is 1. The molecule has 3 N–H and O–H groups in total. The van der Waals surface area contributed by atoms with Gasteiger partial charge in [0.05, 0.1) is 0 Å². The van der Waals surface area contributed by atoms with Gasteiger partial charge in [0.15, 0.2) is 0 Å². The van der Waals surface area contributed by atoms with Crippen molar-refractivity contribution in [2.45, 2.75) is 19.9 Å². The van der Waals surface area contributed by atoms with Crippen molar-refractivity contribution >= 4 is 5.84 Å². The maximum Gasteiger partial charge on any atom is 0.140 e. The summed E-state index contributed by atoms with van der Waals surface area (Å²) >= 11 is 0. The van der Waals surface area contributed by atoms with Gasteiger partial charge in [0.25, 0.3) is 0 Å². The number of amidine groups is 1. The van der Waals surface area contributed by atoms with E-state index >= 15 is 0 Å². The molecule has 4 nitrogen and oxygen atoms in total. The Hall–Kier alpha value is -1.55. The first-order chi connectivity index (χ1) is 7.61. The SMILES string of the molecule is Cc1cccc(CN(C)CC/C(N)=N/O)c1. The van der Waals surface area contributed by atoms with Crippen molar-refractivity contribution in [2.75, 3.05) is 13.6 Å². The van der Waals surface area contributed by atoms with Crippen LogP contribution in [0.15, 0.2) is 29.4 Å². The van der Waals surface area contributed by atoms with Crippen molar-refractivity contribution < 1.29 is 5.21 Å². The molecule has 0 bridgehead atoms. The Balaban J connectivity index is 2.42. The number of rotatable bonds is 5. The molecule has 4 heteroatoms. The highest BCUT2D eigenvalue weighted by molar-refractivity contribution is 5.79. The lowest BCUT2D eigenvalue weighted by molar-refractivity contribution is 0.309. The van der Waals surface area contributed by atoms with Crippen LogP contribution < -0.4 is 5.73 Å². The van der Waals surface area contributed by atoms with Gasteiger partial charge >= 0.3 is 0 Å². The molecule has 1 aromatic rings. The van der Waals surface area contributed by atoms with Crippen LogP contribution in [0.3, 0.4) is 0 Å². The molecule has 0 aliphatic heterocycles. The molecule has 0 fully saturated rings. The lowest BCUT2D eigenvalue weighted by Crippen LogP contribution is -2.24. The van der Waals surface area contributed by atoms with Crippen LogP contribution in [0.5, 0.6) is 0 Å². The predicted octanol–water partition coefficient (Wildman–Crippen LogP) is 1.56. The van der Waals surface area contributed by atoms with Gasteiger partial charge in [-0.05, 0) is 19.5 Å². The van der Waals surface area contributed by atoms with E-state index in [-0.39, 0.29) is 5.84 Å². The van der Waals surface area contributed by atoms with Crippen LogP contribution >= 0.6 is 0 Å². The number of benzene rings is 1. The van der Waals surface area contributed by atoms with E-state index in [4.69, 9.17) is 10.9 Å². The Bertz CT molecular complexity index is 363. The third-order valence-electron chi connectivity index (χ3n) is 2.41. The van der Waals surface area contributed by atoms with Crippen molar-refractivity contribution in [3.8, 4) is 0 Å². The summed E-state index contributed by atoms with van der Waals surface area (Å²) in [6.45, 7) is 3.74. The topological polar surface area (TPSA) is 61.8 Å². The molecule has 0 radical (unpaired) electrons. The van der Waals surface area contributed by atoms with Gasteiger partial charge in [0.1, 0.15) is 5.84 Å². The molecule has 0 spiro atoms. The number of nitrogens with two attached hydrogens (primary N) is 1. The lowest BCUT2D eigenvalue weighted by atomic mass is 10.1. The Morgan fingerprint density at radius 2 is 2.25 bits per heavy atom. The molecule has 0 heterocycles. The summed E-state index contributed by atoms with van der Waals surface area (Å²) in [6.07, 6.45) is 0.582. The van der Waals surface area contributed by atoms with Gasteiger partial charge in [0, 0.05) is 19.5 Å². The van der Waals surface area contributed by atoms with Crippen molar-refractivity contribution in [2.24, 2.45) is 10.9 Å². The van der Waals surface area contributed by atoms with E-state index in [2.05, 4.69) is 41.2 Å². The minimum atomic E-state index is 0.274. The molecule has 1 aromatic carbocycles. The van der Waals surface area contributed by atoms with E-state index in [1.54, 1.807) is 0 Å². The van der Waals surface area contributed by atoms with Crippen LogP contribution in [-0.4, -0.2) is 29.5 Å². The summed E-state index contributed by atoms with van der Waals surface area (Å²) < 4.78 is 0. The van der Waals surface area contributed by atoms with Crippen LogP contribution in [0.4, 0.5) is 0 Å². The highest BCUT2D eigenvalue weighted by atomic mass is 16.4. The summed E-state index contributed by atoms with van der Waals surface area (Å²) in [5.74, 6) is 0.274. The monoisotopic (exact) mass is 221 g/mol. The van der Waals surface area contributed by atoms with Gasteiger partial charge in [-0.2, -0.15) is 0 Å². The van der Waals surface area contributed by atoms with Gasteiger partial charge in [-0.15, -0.1) is 0 Å². The van der Waals surface area contributed by atoms with Gasteiger partial charge in [-0.3, -0.25) is 0 Å². The van der Waals surface area contributed by atoms with Gasteiger partial charge < -0.3 is 15.8 Å². The second kappa shape index (κ2) is 6.12. The minimum absolute atomic E-state index is 0.274. The molecule has 0 saturated heterocycles. The molecule has 1 rings (SSSR count). The fourth-order valence-corrected chi connectivity index (χ4v) is 1.56. The third kappa shape index (κ3) is 4.31. The van der Waals surface area contributed by atoms with Crippen molar-refractivity contribution in [1.82, 2.24) is 4.90 Å². The second-order valence-corrected chi connectivity index (χ2v) is 4.07. The highest BCUT2D eigenvalue weighted by Gasteiger charge is 2.02. The number of hydrogen-bond donors (Lipinski definition) is 2. The van der Waals surface area contributed by atoms with Crippen molar-refractivity contribution in [1.29, 1.82) is 0 Å². The molecule has 0 aromatic heterocycles. The molecule has 0 atom stereocenters. The quantitative estimate of drug-likeness (QED) is 0.343. The zero-order valence-electron chi connectivity index (χ0n) is 9.85. The van der Waals surface area contributed by atoms with Crippen LogP contribution in [0, 0.1) is 6.92 Å². The first-order valence-corrected chi connectivity index (χ1v) is 5.32. The standard InChI is InChI=1S/C12H19N3O/c1-10-4-3-5-11(8-10)9-15(2)7-6-12(13)14-16/h3-5,8,16H,6-7,9H2,1-2H3,(H2,13,14). The lowest BCUT2D eigenvalue weighted by Gasteiger charge is -2.16. The van der Waals surface area contributed by atoms with Crippen LogP contribution in [0.1, 0.15) is 17.5 Å². The average molecular weight is 221 g/mol.